The molecule has 0 spiro atoms. The zero-order chi connectivity index (χ0) is 21.9. The van der Waals surface area contributed by atoms with Crippen LogP contribution in [0.15, 0.2) is 54.9 Å². The highest BCUT2D eigenvalue weighted by atomic mass is 35.5. The lowest BCUT2D eigenvalue weighted by Crippen LogP contribution is -2.02. The van der Waals surface area contributed by atoms with Crippen molar-refractivity contribution in [2.45, 2.75) is 19.3 Å². The summed E-state index contributed by atoms with van der Waals surface area (Å²) in [6.45, 7) is 0. The van der Waals surface area contributed by atoms with Crippen LogP contribution < -0.4 is 15.4 Å². The number of aromatic nitrogens is 5. The normalized spacial score (nSPS) is 12.3. The number of anilines is 3. The second-order valence-electron chi connectivity index (χ2n) is 7.27. The molecular formula is C23H20ClN7O. The number of hydrogen-bond acceptors (Lipinski definition) is 8. The molecule has 0 atom stereocenters. The molecule has 0 radical (unpaired) electrons. The van der Waals surface area contributed by atoms with Gasteiger partial charge < -0.3 is 15.4 Å². The van der Waals surface area contributed by atoms with Gasteiger partial charge in [-0.05, 0) is 67.3 Å². The number of fused-ring (bicyclic) bond motifs is 1. The van der Waals surface area contributed by atoms with Crippen molar-refractivity contribution < 1.29 is 4.74 Å². The summed E-state index contributed by atoms with van der Waals surface area (Å²) >= 11 is 6.18. The zero-order valence-corrected chi connectivity index (χ0v) is 18.1. The third kappa shape index (κ3) is 4.04. The van der Waals surface area contributed by atoms with Crippen molar-refractivity contribution in [3.63, 3.8) is 0 Å². The number of rotatable bonds is 6. The van der Waals surface area contributed by atoms with Gasteiger partial charge in [-0.2, -0.15) is 0 Å². The Morgan fingerprint density at radius 2 is 1.78 bits per heavy atom. The van der Waals surface area contributed by atoms with E-state index < -0.39 is 0 Å². The molecule has 4 aromatic rings. The average molecular weight is 446 g/mol. The lowest BCUT2D eigenvalue weighted by Gasteiger charge is -2.12. The maximum Gasteiger partial charge on any atom is 0.228 e. The van der Waals surface area contributed by atoms with E-state index in [1.165, 1.54) is 0 Å². The van der Waals surface area contributed by atoms with Crippen molar-refractivity contribution in [3.8, 4) is 22.9 Å². The van der Waals surface area contributed by atoms with Crippen LogP contribution in [0.4, 0.5) is 17.5 Å². The van der Waals surface area contributed by atoms with E-state index >= 15 is 0 Å². The maximum atomic E-state index is 6.18. The van der Waals surface area contributed by atoms with Gasteiger partial charge in [-0.15, -0.1) is 10.2 Å². The van der Waals surface area contributed by atoms with Crippen LogP contribution in [0.3, 0.4) is 0 Å². The third-order valence-electron chi connectivity index (χ3n) is 5.25. The van der Waals surface area contributed by atoms with Crippen molar-refractivity contribution in [2.24, 2.45) is 0 Å². The van der Waals surface area contributed by atoms with Crippen molar-refractivity contribution in [1.29, 1.82) is 0 Å². The molecule has 0 unspecified atom stereocenters. The van der Waals surface area contributed by atoms with Gasteiger partial charge in [-0.25, -0.2) is 15.0 Å². The van der Waals surface area contributed by atoms with Crippen LogP contribution in [-0.4, -0.2) is 32.2 Å². The zero-order valence-electron chi connectivity index (χ0n) is 17.3. The van der Waals surface area contributed by atoms with Gasteiger partial charge in [0.15, 0.2) is 11.0 Å². The van der Waals surface area contributed by atoms with Crippen molar-refractivity contribution >= 4 is 29.1 Å². The molecule has 3 heterocycles. The molecule has 0 saturated carbocycles. The van der Waals surface area contributed by atoms with Crippen LogP contribution in [0.2, 0.25) is 5.15 Å². The number of nitrogens with one attached hydrogen (secondary N) is 2. The van der Waals surface area contributed by atoms with Gasteiger partial charge in [0.05, 0.1) is 11.3 Å². The minimum atomic E-state index is 0.468. The summed E-state index contributed by atoms with van der Waals surface area (Å²) in [6.07, 6.45) is 6.35. The fourth-order valence-electron chi connectivity index (χ4n) is 3.70. The molecule has 0 saturated heterocycles. The molecule has 32 heavy (non-hydrogen) atoms. The van der Waals surface area contributed by atoms with Crippen LogP contribution in [0.5, 0.6) is 11.6 Å². The molecule has 8 nitrogen and oxygen atoms in total. The summed E-state index contributed by atoms with van der Waals surface area (Å²) in [5, 5.41) is 15.1. The highest BCUT2D eigenvalue weighted by Gasteiger charge is 2.20. The van der Waals surface area contributed by atoms with Crippen LogP contribution in [0.1, 0.15) is 17.5 Å². The molecule has 9 heteroatoms. The lowest BCUT2D eigenvalue weighted by molar-refractivity contribution is 0.465. The topological polar surface area (TPSA) is 97.7 Å². The standard InChI is InChI=1S/C23H20ClN7O/c1-25-23-27-13-11-19(29-23)18-6-3-12-26-22(18)32-15-9-7-14(8-10-15)28-21-17-5-2-4-16(17)20(24)30-31-21/h3,6-13H,2,4-5H2,1H3,(H,28,31)(H,25,27,29). The lowest BCUT2D eigenvalue weighted by atomic mass is 10.2. The molecule has 2 N–H and O–H groups in total. The van der Waals surface area contributed by atoms with E-state index in [9.17, 15) is 0 Å². The van der Waals surface area contributed by atoms with Crippen LogP contribution in [0.25, 0.3) is 11.3 Å². The molecule has 0 fully saturated rings. The first kappa shape index (κ1) is 20.1. The number of nitrogens with zero attached hydrogens (tertiary/aromatic N) is 5. The Bertz CT molecular complexity index is 1260. The molecule has 1 aromatic carbocycles. The van der Waals surface area contributed by atoms with Gasteiger partial charge >= 0.3 is 0 Å². The number of hydrogen-bond donors (Lipinski definition) is 2. The molecule has 0 amide bonds. The Balaban J connectivity index is 1.36. The average Bonchev–Trinajstić information content (AvgIpc) is 3.34. The SMILES string of the molecule is CNc1nccc(-c2cccnc2Oc2ccc(Nc3nnc(Cl)c4c3CCC4)cc2)n1. The molecule has 1 aliphatic carbocycles. The number of ether oxygens (including phenoxy) is 1. The van der Waals surface area contributed by atoms with E-state index in [-0.39, 0.29) is 0 Å². The predicted octanol–water partition coefficient (Wildman–Crippen LogP) is 5.05. The highest BCUT2D eigenvalue weighted by Crippen LogP contribution is 2.34. The predicted molar refractivity (Wildman–Crippen MR) is 124 cm³/mol. The molecule has 1 aliphatic rings. The number of halogens is 1. The van der Waals surface area contributed by atoms with Crippen molar-refractivity contribution in [3.05, 3.63) is 71.1 Å². The summed E-state index contributed by atoms with van der Waals surface area (Å²) < 4.78 is 6.07. The largest absolute Gasteiger partial charge is 0.438 e. The smallest absolute Gasteiger partial charge is 0.228 e. The van der Waals surface area contributed by atoms with E-state index in [1.54, 1.807) is 19.4 Å². The second-order valence-corrected chi connectivity index (χ2v) is 7.63. The van der Waals surface area contributed by atoms with Gasteiger partial charge in [0.1, 0.15) is 5.75 Å². The molecule has 5 rings (SSSR count). The maximum absolute atomic E-state index is 6.18. The second kappa shape index (κ2) is 8.76. The Morgan fingerprint density at radius 3 is 2.62 bits per heavy atom. The quantitative estimate of drug-likeness (QED) is 0.425. The summed E-state index contributed by atoms with van der Waals surface area (Å²) in [5.74, 6) is 2.41. The van der Waals surface area contributed by atoms with Gasteiger partial charge in [-0.1, -0.05) is 11.6 Å². The molecule has 160 valence electrons. The van der Waals surface area contributed by atoms with E-state index in [4.69, 9.17) is 16.3 Å². The highest BCUT2D eigenvalue weighted by molar-refractivity contribution is 6.30. The first-order chi connectivity index (χ1) is 15.7. The third-order valence-corrected chi connectivity index (χ3v) is 5.55. The summed E-state index contributed by atoms with van der Waals surface area (Å²) in [4.78, 5) is 13.0. The van der Waals surface area contributed by atoms with E-state index in [0.717, 1.165) is 53.2 Å². The fourth-order valence-corrected chi connectivity index (χ4v) is 3.95. The molecule has 3 aromatic heterocycles. The van der Waals surface area contributed by atoms with E-state index in [1.807, 2.05) is 42.5 Å². The van der Waals surface area contributed by atoms with Crippen molar-refractivity contribution in [1.82, 2.24) is 25.1 Å². The minimum absolute atomic E-state index is 0.468. The molecule has 0 aliphatic heterocycles. The fraction of sp³-hybridized carbons (Fsp3) is 0.174. The molecular weight excluding hydrogens is 426 g/mol. The van der Waals surface area contributed by atoms with Crippen LogP contribution in [0, 0.1) is 0 Å². The molecule has 0 bridgehead atoms. The van der Waals surface area contributed by atoms with E-state index in [2.05, 4.69) is 35.8 Å². The summed E-state index contributed by atoms with van der Waals surface area (Å²) in [5.41, 5.74) is 4.63. The Hall–Kier alpha value is -3.78. The minimum Gasteiger partial charge on any atom is -0.438 e. The van der Waals surface area contributed by atoms with Gasteiger partial charge in [0, 0.05) is 30.7 Å². The van der Waals surface area contributed by atoms with Gasteiger partial charge in [0.2, 0.25) is 11.8 Å². The Kier molecular flexibility index (Phi) is 5.51. The number of pyridine rings is 1. The first-order valence-corrected chi connectivity index (χ1v) is 10.6. The van der Waals surface area contributed by atoms with Crippen LogP contribution >= 0.6 is 11.6 Å². The Morgan fingerprint density at radius 1 is 0.938 bits per heavy atom. The summed E-state index contributed by atoms with van der Waals surface area (Å²) in [6, 6.07) is 13.2. The van der Waals surface area contributed by atoms with Gasteiger partial charge in [0.25, 0.3) is 0 Å². The Labute approximate surface area is 190 Å². The first-order valence-electron chi connectivity index (χ1n) is 10.3. The van der Waals surface area contributed by atoms with E-state index in [0.29, 0.717) is 22.7 Å². The van der Waals surface area contributed by atoms with Gasteiger partial charge in [-0.3, -0.25) is 0 Å². The summed E-state index contributed by atoms with van der Waals surface area (Å²) in [7, 11) is 1.78. The van der Waals surface area contributed by atoms with Crippen molar-refractivity contribution in [2.75, 3.05) is 17.7 Å². The van der Waals surface area contributed by atoms with Crippen LogP contribution in [-0.2, 0) is 12.8 Å². The monoisotopic (exact) mass is 445 g/mol. The number of benzene rings is 1.